The first-order valence-corrected chi connectivity index (χ1v) is 12.1. The number of benzene rings is 1. The Balaban J connectivity index is 1.62. The summed E-state index contributed by atoms with van der Waals surface area (Å²) in [5, 5.41) is 22.2. The molecule has 10 heteroatoms. The molecule has 10 nitrogen and oxygen atoms in total. The van der Waals surface area contributed by atoms with Gasteiger partial charge in [0, 0.05) is 29.4 Å². The molecule has 4 N–H and O–H groups in total. The number of phenols is 1. The summed E-state index contributed by atoms with van der Waals surface area (Å²) >= 11 is 0. The molecule has 0 bridgehead atoms. The predicted molar refractivity (Wildman–Crippen MR) is 132 cm³/mol. The van der Waals surface area contributed by atoms with E-state index in [0.29, 0.717) is 16.7 Å². The molecule has 5 rings (SSSR count). The minimum atomic E-state index is -2.75. The molecular weight excluding hydrogens is 490 g/mol. The highest BCUT2D eigenvalue weighted by Gasteiger charge is 2.69. The molecule has 2 saturated carbocycles. The quantitative estimate of drug-likeness (QED) is 0.358. The van der Waals surface area contributed by atoms with Crippen LogP contribution in [0.25, 0.3) is 0 Å². The number of Topliss-reactive ketones (excluding diaryl/α,β-unsaturated/α-hetero) is 4. The SMILES string of the molecule is CN(C)C1C(=O)C(C(N)=O)C(=O)C2(O)C(=O)C3C(=O)c4c(O)ccc(C#Cc5cccnc5)c4CC3CC12. The summed E-state index contributed by atoms with van der Waals surface area (Å²) in [5.41, 5.74) is 4.07. The van der Waals surface area contributed by atoms with Crippen molar-refractivity contribution >= 4 is 29.0 Å². The minimum absolute atomic E-state index is 0.0188. The first-order valence-electron chi connectivity index (χ1n) is 12.1. The molecule has 3 aliphatic rings. The molecule has 3 aliphatic carbocycles. The molecule has 1 amide bonds. The Hall–Kier alpha value is -4.20. The van der Waals surface area contributed by atoms with Gasteiger partial charge in [0.25, 0.3) is 0 Å². The number of phenolic OH excluding ortho intramolecular Hbond substituents is 1. The number of carbonyl (C=O) groups is 5. The molecule has 1 aromatic carbocycles. The summed E-state index contributed by atoms with van der Waals surface area (Å²) < 4.78 is 0. The molecule has 38 heavy (non-hydrogen) atoms. The van der Waals surface area contributed by atoms with Crippen LogP contribution in [-0.4, -0.2) is 74.9 Å². The maximum Gasteiger partial charge on any atom is 0.235 e. The Kier molecular flexibility index (Phi) is 6.01. The first kappa shape index (κ1) is 25.4. The van der Waals surface area contributed by atoms with Crippen LogP contribution in [0.1, 0.15) is 33.5 Å². The molecule has 194 valence electrons. The number of hydrogen-bond acceptors (Lipinski definition) is 9. The largest absolute Gasteiger partial charge is 0.507 e. The second-order valence-electron chi connectivity index (χ2n) is 10.3. The lowest BCUT2D eigenvalue weighted by Crippen LogP contribution is -2.74. The van der Waals surface area contributed by atoms with Crippen LogP contribution >= 0.6 is 0 Å². The van der Waals surface area contributed by atoms with Crippen LogP contribution in [0, 0.1) is 35.5 Å². The number of hydrogen-bond donors (Lipinski definition) is 3. The van der Waals surface area contributed by atoms with Gasteiger partial charge in [-0.1, -0.05) is 11.8 Å². The van der Waals surface area contributed by atoms with Gasteiger partial charge in [0.2, 0.25) is 5.91 Å². The number of aromatic nitrogens is 1. The number of nitrogens with two attached hydrogens (primary N) is 1. The van der Waals surface area contributed by atoms with E-state index in [1.165, 1.54) is 11.0 Å². The highest BCUT2D eigenvalue weighted by molar-refractivity contribution is 6.32. The van der Waals surface area contributed by atoms with E-state index in [9.17, 15) is 34.2 Å². The highest BCUT2D eigenvalue weighted by Crippen LogP contribution is 2.50. The number of aromatic hydroxyl groups is 1. The van der Waals surface area contributed by atoms with E-state index in [1.807, 2.05) is 0 Å². The van der Waals surface area contributed by atoms with Gasteiger partial charge in [0.1, 0.15) is 5.75 Å². The van der Waals surface area contributed by atoms with Crippen LogP contribution in [0.3, 0.4) is 0 Å². The van der Waals surface area contributed by atoms with Crippen molar-refractivity contribution in [3.8, 4) is 17.6 Å². The number of primary amides is 1. The fourth-order valence-corrected chi connectivity index (χ4v) is 6.30. The monoisotopic (exact) mass is 515 g/mol. The summed E-state index contributed by atoms with van der Waals surface area (Å²) in [7, 11) is 3.08. The van der Waals surface area contributed by atoms with Gasteiger partial charge in [-0.25, -0.2) is 0 Å². The third-order valence-electron chi connectivity index (χ3n) is 7.95. The predicted octanol–water partition coefficient (Wildman–Crippen LogP) is -0.338. The third kappa shape index (κ3) is 3.58. The molecule has 0 radical (unpaired) electrons. The van der Waals surface area contributed by atoms with Gasteiger partial charge in [-0.05, 0) is 62.7 Å². The van der Waals surface area contributed by atoms with Crippen molar-refractivity contribution < 1.29 is 34.2 Å². The number of pyridine rings is 1. The normalized spacial score (nSPS) is 30.2. The van der Waals surface area contributed by atoms with Crippen molar-refractivity contribution in [3.05, 3.63) is 58.9 Å². The van der Waals surface area contributed by atoms with Crippen molar-refractivity contribution in [1.82, 2.24) is 9.88 Å². The van der Waals surface area contributed by atoms with E-state index in [1.54, 1.807) is 44.7 Å². The Bertz CT molecular complexity index is 1470. The zero-order valence-corrected chi connectivity index (χ0v) is 20.7. The molecule has 6 unspecified atom stereocenters. The topological polar surface area (TPSA) is 168 Å². The van der Waals surface area contributed by atoms with Crippen molar-refractivity contribution in [3.63, 3.8) is 0 Å². The molecular formula is C28H25N3O7. The van der Waals surface area contributed by atoms with Gasteiger partial charge in [0.15, 0.2) is 34.7 Å². The van der Waals surface area contributed by atoms with Crippen LogP contribution in [0.15, 0.2) is 36.7 Å². The molecule has 1 heterocycles. The Morgan fingerprint density at radius 2 is 1.87 bits per heavy atom. The lowest BCUT2D eigenvalue weighted by atomic mass is 9.52. The van der Waals surface area contributed by atoms with Crippen LogP contribution in [0.5, 0.6) is 5.75 Å². The molecule has 2 aromatic rings. The number of rotatable bonds is 2. The van der Waals surface area contributed by atoms with E-state index >= 15 is 0 Å². The van der Waals surface area contributed by atoms with Gasteiger partial charge >= 0.3 is 0 Å². The van der Waals surface area contributed by atoms with Crippen molar-refractivity contribution in [2.24, 2.45) is 29.4 Å². The maximum atomic E-state index is 13.8. The Morgan fingerprint density at radius 3 is 2.50 bits per heavy atom. The number of amides is 1. The zero-order chi connectivity index (χ0) is 27.5. The van der Waals surface area contributed by atoms with Crippen LogP contribution in [0.2, 0.25) is 0 Å². The van der Waals surface area contributed by atoms with Crippen LogP contribution < -0.4 is 5.73 Å². The molecule has 0 aliphatic heterocycles. The Morgan fingerprint density at radius 1 is 1.13 bits per heavy atom. The van der Waals surface area contributed by atoms with E-state index in [2.05, 4.69) is 16.8 Å². The molecule has 2 fully saturated rings. The highest BCUT2D eigenvalue weighted by atomic mass is 16.3. The summed E-state index contributed by atoms with van der Waals surface area (Å²) in [4.78, 5) is 71.5. The molecule has 1 aromatic heterocycles. The number of fused-ring (bicyclic) bond motifs is 3. The maximum absolute atomic E-state index is 13.8. The van der Waals surface area contributed by atoms with Crippen molar-refractivity contribution in [2.45, 2.75) is 24.5 Å². The molecule has 0 saturated heterocycles. The summed E-state index contributed by atoms with van der Waals surface area (Å²) in [6.45, 7) is 0. The third-order valence-corrected chi connectivity index (χ3v) is 7.95. The Labute approximate surface area is 217 Å². The van der Waals surface area contributed by atoms with Crippen LogP contribution in [-0.2, 0) is 25.6 Å². The van der Waals surface area contributed by atoms with Gasteiger partial charge in [-0.15, -0.1) is 0 Å². The molecule has 6 atom stereocenters. The fourth-order valence-electron chi connectivity index (χ4n) is 6.30. The summed E-state index contributed by atoms with van der Waals surface area (Å²) in [5.74, 6) is -4.79. The summed E-state index contributed by atoms with van der Waals surface area (Å²) in [6.07, 6.45) is 3.33. The van der Waals surface area contributed by atoms with Crippen LogP contribution in [0.4, 0.5) is 0 Å². The van der Waals surface area contributed by atoms with Gasteiger partial charge < -0.3 is 15.9 Å². The van der Waals surface area contributed by atoms with Gasteiger partial charge in [-0.2, -0.15) is 0 Å². The van der Waals surface area contributed by atoms with E-state index in [4.69, 9.17) is 5.73 Å². The standard InChI is InChI=1S/C28H25N3O7/c1-31(2)22-17-11-15-10-16-14(6-5-13-4-3-9-30-12-13)7-8-18(32)20(16)23(33)19(15)25(35)28(17,38)26(36)21(24(22)34)27(29)37/h3-4,7-9,12,15,17,19,21-22,32,38H,10-11H2,1-2H3,(H2,29,37). The van der Waals surface area contributed by atoms with Gasteiger partial charge in [-0.3, -0.25) is 33.9 Å². The second-order valence-corrected chi connectivity index (χ2v) is 10.3. The average molecular weight is 516 g/mol. The lowest BCUT2D eigenvalue weighted by Gasteiger charge is -2.52. The number of likely N-dealkylation sites (N-methyl/N-ethyl adjacent to an activating group) is 1. The number of aliphatic hydroxyl groups is 1. The minimum Gasteiger partial charge on any atom is -0.507 e. The number of ketones is 4. The second kappa shape index (κ2) is 8.97. The number of carbonyl (C=O) groups excluding carboxylic acids is 5. The van der Waals surface area contributed by atoms with Crippen molar-refractivity contribution in [1.29, 1.82) is 0 Å². The fraction of sp³-hybridized carbons (Fsp3) is 0.357. The first-order chi connectivity index (χ1) is 18.0. The zero-order valence-electron chi connectivity index (χ0n) is 20.7. The lowest BCUT2D eigenvalue weighted by molar-refractivity contribution is -0.181. The smallest absolute Gasteiger partial charge is 0.235 e. The average Bonchev–Trinajstić information content (AvgIpc) is 2.86. The summed E-state index contributed by atoms with van der Waals surface area (Å²) in [6, 6.07) is 5.25. The van der Waals surface area contributed by atoms with E-state index in [-0.39, 0.29) is 24.2 Å². The van der Waals surface area contributed by atoms with Gasteiger partial charge in [0.05, 0.1) is 17.5 Å². The van der Waals surface area contributed by atoms with E-state index < -0.39 is 64.4 Å². The van der Waals surface area contributed by atoms with E-state index in [0.717, 1.165) is 0 Å². The molecule has 0 spiro atoms. The number of nitrogens with zero attached hydrogens (tertiary/aromatic N) is 2. The van der Waals surface area contributed by atoms with Crippen molar-refractivity contribution in [2.75, 3.05) is 14.1 Å².